The number of anilines is 1. The minimum atomic E-state index is -1.05. The van der Waals surface area contributed by atoms with Crippen molar-refractivity contribution in [2.45, 2.75) is 19.9 Å². The van der Waals surface area contributed by atoms with E-state index in [-0.39, 0.29) is 12.6 Å². The van der Waals surface area contributed by atoms with Crippen molar-refractivity contribution in [3.05, 3.63) is 5.51 Å². The van der Waals surface area contributed by atoms with Crippen molar-refractivity contribution in [3.8, 4) is 0 Å². The van der Waals surface area contributed by atoms with Crippen LogP contribution in [0.4, 0.5) is 9.93 Å². The largest absolute Gasteiger partial charge is 0.480 e. The molecule has 1 aromatic heterocycles. The van der Waals surface area contributed by atoms with Gasteiger partial charge in [0.1, 0.15) is 12.1 Å². The van der Waals surface area contributed by atoms with E-state index < -0.39 is 12.0 Å². The molecule has 0 aliphatic carbocycles. The first-order valence-electron chi connectivity index (χ1n) is 4.56. The number of carbonyl (C=O) groups is 2. The number of nitrogens with zero attached hydrogens (tertiary/aromatic N) is 3. The summed E-state index contributed by atoms with van der Waals surface area (Å²) in [6.45, 7) is 3.13. The van der Waals surface area contributed by atoms with Crippen LogP contribution in [0.3, 0.4) is 0 Å². The first-order valence-corrected chi connectivity index (χ1v) is 5.44. The summed E-state index contributed by atoms with van der Waals surface area (Å²) in [6.07, 6.45) is 0. The molecule has 0 saturated heterocycles. The van der Waals surface area contributed by atoms with Gasteiger partial charge < -0.3 is 10.0 Å². The lowest BCUT2D eigenvalue weighted by molar-refractivity contribution is -0.137. The van der Waals surface area contributed by atoms with Gasteiger partial charge in [-0.3, -0.25) is 10.1 Å². The smallest absolute Gasteiger partial charge is 0.324 e. The van der Waals surface area contributed by atoms with Crippen LogP contribution in [0.2, 0.25) is 0 Å². The number of hydrogen-bond acceptors (Lipinski definition) is 5. The topological polar surface area (TPSA) is 95.4 Å². The van der Waals surface area contributed by atoms with Crippen LogP contribution in [0, 0.1) is 0 Å². The number of carboxylic acids is 1. The second-order valence-electron chi connectivity index (χ2n) is 3.29. The van der Waals surface area contributed by atoms with Crippen LogP contribution in [0.25, 0.3) is 0 Å². The molecule has 16 heavy (non-hydrogen) atoms. The van der Waals surface area contributed by atoms with Gasteiger partial charge in [0.2, 0.25) is 5.13 Å². The Kier molecular flexibility index (Phi) is 4.18. The maximum atomic E-state index is 11.7. The first kappa shape index (κ1) is 12.4. The summed E-state index contributed by atoms with van der Waals surface area (Å²) in [5, 5.41) is 18.7. The zero-order valence-corrected chi connectivity index (χ0v) is 9.69. The zero-order chi connectivity index (χ0) is 12.1. The SMILES string of the molecule is CC(C)N(CC(=O)O)C(=O)Nc1nncs1. The van der Waals surface area contributed by atoms with E-state index in [1.54, 1.807) is 13.8 Å². The molecule has 1 heterocycles. The van der Waals surface area contributed by atoms with Gasteiger partial charge in [-0.25, -0.2) is 4.79 Å². The van der Waals surface area contributed by atoms with Crippen LogP contribution < -0.4 is 5.32 Å². The monoisotopic (exact) mass is 244 g/mol. The van der Waals surface area contributed by atoms with Gasteiger partial charge in [-0.05, 0) is 13.8 Å². The second kappa shape index (κ2) is 5.40. The number of carbonyl (C=O) groups excluding carboxylic acids is 1. The van der Waals surface area contributed by atoms with E-state index in [1.807, 2.05) is 0 Å². The van der Waals surface area contributed by atoms with Crippen LogP contribution in [0.1, 0.15) is 13.8 Å². The lowest BCUT2D eigenvalue weighted by Crippen LogP contribution is -2.43. The fourth-order valence-electron chi connectivity index (χ4n) is 1.03. The Balaban J connectivity index is 2.64. The molecule has 0 aliphatic heterocycles. The number of rotatable bonds is 4. The highest BCUT2D eigenvalue weighted by atomic mass is 32.1. The Morgan fingerprint density at radius 2 is 2.31 bits per heavy atom. The maximum absolute atomic E-state index is 11.7. The predicted molar refractivity (Wildman–Crippen MR) is 58.4 cm³/mol. The summed E-state index contributed by atoms with van der Waals surface area (Å²) >= 11 is 1.17. The van der Waals surface area contributed by atoms with Gasteiger partial charge in [-0.15, -0.1) is 10.2 Å². The molecule has 0 spiro atoms. The van der Waals surface area contributed by atoms with Gasteiger partial charge in [0.15, 0.2) is 0 Å². The van der Waals surface area contributed by atoms with E-state index in [0.29, 0.717) is 5.13 Å². The molecule has 0 aliphatic rings. The fourth-order valence-corrected chi connectivity index (χ4v) is 1.46. The number of aliphatic carboxylic acids is 1. The van der Waals surface area contributed by atoms with Gasteiger partial charge in [0.25, 0.3) is 0 Å². The van der Waals surface area contributed by atoms with Crippen LogP contribution >= 0.6 is 11.3 Å². The van der Waals surface area contributed by atoms with Crippen LogP contribution in [0.5, 0.6) is 0 Å². The second-order valence-corrected chi connectivity index (χ2v) is 4.12. The van der Waals surface area contributed by atoms with E-state index in [2.05, 4.69) is 15.5 Å². The summed E-state index contributed by atoms with van der Waals surface area (Å²) in [4.78, 5) is 23.5. The summed E-state index contributed by atoms with van der Waals surface area (Å²) in [7, 11) is 0. The third-order valence-electron chi connectivity index (χ3n) is 1.76. The van der Waals surface area contributed by atoms with Gasteiger partial charge in [-0.1, -0.05) is 11.3 Å². The molecule has 2 amide bonds. The van der Waals surface area contributed by atoms with Gasteiger partial charge in [0.05, 0.1) is 0 Å². The lowest BCUT2D eigenvalue weighted by Gasteiger charge is -2.24. The molecular formula is C8H12N4O3S. The van der Waals surface area contributed by atoms with E-state index in [9.17, 15) is 9.59 Å². The molecule has 1 aromatic rings. The first-order chi connectivity index (χ1) is 7.50. The summed E-state index contributed by atoms with van der Waals surface area (Å²) < 4.78 is 0. The summed E-state index contributed by atoms with van der Waals surface area (Å²) in [6, 6.07) is -0.696. The lowest BCUT2D eigenvalue weighted by atomic mass is 10.3. The van der Waals surface area contributed by atoms with Gasteiger partial charge in [0, 0.05) is 6.04 Å². The van der Waals surface area contributed by atoms with Crippen molar-refractivity contribution in [3.63, 3.8) is 0 Å². The molecule has 2 N–H and O–H groups in total. The Bertz CT molecular complexity index is 365. The Labute approximate surface area is 96.1 Å². The van der Waals surface area contributed by atoms with Gasteiger partial charge in [-0.2, -0.15) is 0 Å². The highest BCUT2D eigenvalue weighted by molar-refractivity contribution is 7.13. The summed E-state index contributed by atoms with van der Waals surface area (Å²) in [5.41, 5.74) is 1.48. The normalized spacial score (nSPS) is 10.2. The van der Waals surface area contributed by atoms with Crippen molar-refractivity contribution in [2.24, 2.45) is 0 Å². The standard InChI is InChI=1S/C8H12N4O3S/c1-5(2)12(3-6(13)14)8(15)10-7-11-9-4-16-7/h4-5H,3H2,1-2H3,(H,13,14)(H,10,11,15). The quantitative estimate of drug-likeness (QED) is 0.819. The average Bonchev–Trinajstić information content (AvgIpc) is 2.65. The van der Waals surface area contributed by atoms with Crippen molar-refractivity contribution >= 4 is 28.5 Å². The van der Waals surface area contributed by atoms with Gasteiger partial charge >= 0.3 is 12.0 Å². The molecule has 0 radical (unpaired) electrons. The molecule has 0 bridgehead atoms. The minimum Gasteiger partial charge on any atom is -0.480 e. The summed E-state index contributed by atoms with van der Waals surface area (Å²) in [5.74, 6) is -1.05. The Hall–Kier alpha value is -1.70. The molecule has 88 valence electrons. The molecule has 1 rings (SSSR count). The number of nitrogens with one attached hydrogen (secondary N) is 1. The van der Waals surface area contributed by atoms with E-state index in [0.717, 1.165) is 0 Å². The third-order valence-corrected chi connectivity index (χ3v) is 2.37. The molecule has 7 nitrogen and oxygen atoms in total. The molecular weight excluding hydrogens is 232 g/mol. The number of hydrogen-bond donors (Lipinski definition) is 2. The fraction of sp³-hybridized carbons (Fsp3) is 0.500. The van der Waals surface area contributed by atoms with Crippen molar-refractivity contribution in [2.75, 3.05) is 11.9 Å². The van der Waals surface area contributed by atoms with Crippen LogP contribution in [-0.4, -0.2) is 44.8 Å². The molecule has 0 atom stereocenters. The minimum absolute atomic E-state index is 0.205. The van der Waals surface area contributed by atoms with Crippen LogP contribution in [0.15, 0.2) is 5.51 Å². The zero-order valence-electron chi connectivity index (χ0n) is 8.88. The van der Waals surface area contributed by atoms with E-state index >= 15 is 0 Å². The highest BCUT2D eigenvalue weighted by Crippen LogP contribution is 2.10. The number of carboxylic acid groups (broad SMARTS) is 1. The molecule has 8 heteroatoms. The molecule has 0 aromatic carbocycles. The predicted octanol–water partition coefficient (Wildman–Crippen LogP) is 0.865. The molecule has 0 fully saturated rings. The molecule has 0 unspecified atom stereocenters. The van der Waals surface area contributed by atoms with E-state index in [4.69, 9.17) is 5.11 Å². The van der Waals surface area contributed by atoms with Crippen molar-refractivity contribution in [1.29, 1.82) is 0 Å². The average molecular weight is 244 g/mol. The Morgan fingerprint density at radius 3 is 2.75 bits per heavy atom. The van der Waals surface area contributed by atoms with Crippen molar-refractivity contribution < 1.29 is 14.7 Å². The number of amides is 2. The third kappa shape index (κ3) is 3.46. The number of urea groups is 1. The maximum Gasteiger partial charge on any atom is 0.324 e. The molecule has 0 saturated carbocycles. The number of aromatic nitrogens is 2. The Morgan fingerprint density at radius 1 is 1.62 bits per heavy atom. The van der Waals surface area contributed by atoms with Crippen LogP contribution in [-0.2, 0) is 4.79 Å². The van der Waals surface area contributed by atoms with Crippen molar-refractivity contribution in [1.82, 2.24) is 15.1 Å². The highest BCUT2D eigenvalue weighted by Gasteiger charge is 2.20. The van der Waals surface area contributed by atoms with E-state index in [1.165, 1.54) is 21.7 Å².